The van der Waals surface area contributed by atoms with Crippen molar-refractivity contribution in [2.24, 2.45) is 0 Å². The Balaban J connectivity index is 2.52. The fourth-order valence-electron chi connectivity index (χ4n) is 1.38. The molecule has 11 heavy (non-hydrogen) atoms. The van der Waals surface area contributed by atoms with E-state index in [-0.39, 0.29) is 0 Å². The highest BCUT2D eigenvalue weighted by molar-refractivity contribution is 4.96. The number of hydrogen-bond donors (Lipinski definition) is 0. The molecule has 1 fully saturated rings. The fraction of sp³-hybridized carbons (Fsp3) is 0.778. The highest BCUT2D eigenvalue weighted by Crippen LogP contribution is 2.13. The molecule has 1 aliphatic heterocycles. The van der Waals surface area contributed by atoms with Crippen molar-refractivity contribution in [3.63, 3.8) is 0 Å². The molecule has 0 aromatic carbocycles. The number of ether oxygens (including phenoxy) is 1. The van der Waals surface area contributed by atoms with Crippen molar-refractivity contribution in [2.75, 3.05) is 19.8 Å². The average molecular weight is 155 g/mol. The van der Waals surface area contributed by atoms with E-state index in [0.717, 1.165) is 26.2 Å². The lowest BCUT2D eigenvalue weighted by Gasteiger charge is -2.28. The van der Waals surface area contributed by atoms with Gasteiger partial charge in [-0.05, 0) is 13.8 Å². The van der Waals surface area contributed by atoms with Crippen molar-refractivity contribution < 1.29 is 4.74 Å². The lowest BCUT2D eigenvalue weighted by molar-refractivity contribution is 0.137. The summed E-state index contributed by atoms with van der Waals surface area (Å²) >= 11 is 0. The molecule has 1 saturated heterocycles. The maximum Gasteiger partial charge on any atom is 0.0641 e. The standard InChI is InChI=1S/C9H17NO/c1-8(2)10-5-7-11-6-4-9(10)3/h8H,3-7H2,1-2H3. The van der Waals surface area contributed by atoms with Crippen LogP contribution in [0.25, 0.3) is 0 Å². The molecule has 2 nitrogen and oxygen atoms in total. The van der Waals surface area contributed by atoms with Crippen LogP contribution in [0.4, 0.5) is 0 Å². The fourth-order valence-corrected chi connectivity index (χ4v) is 1.38. The Hall–Kier alpha value is -0.500. The van der Waals surface area contributed by atoms with Gasteiger partial charge in [0.2, 0.25) is 0 Å². The van der Waals surface area contributed by atoms with Gasteiger partial charge in [0.15, 0.2) is 0 Å². The Morgan fingerprint density at radius 3 is 2.82 bits per heavy atom. The Kier molecular flexibility index (Phi) is 2.94. The van der Waals surface area contributed by atoms with Gasteiger partial charge in [0.05, 0.1) is 13.2 Å². The van der Waals surface area contributed by atoms with Crippen molar-refractivity contribution >= 4 is 0 Å². The van der Waals surface area contributed by atoms with Gasteiger partial charge in [-0.15, -0.1) is 0 Å². The van der Waals surface area contributed by atoms with E-state index in [4.69, 9.17) is 4.74 Å². The molecule has 0 spiro atoms. The van der Waals surface area contributed by atoms with Crippen LogP contribution < -0.4 is 0 Å². The van der Waals surface area contributed by atoms with Gasteiger partial charge in [0.1, 0.15) is 0 Å². The molecule has 0 saturated carbocycles. The molecule has 2 heteroatoms. The maximum absolute atomic E-state index is 5.34. The van der Waals surface area contributed by atoms with E-state index in [1.54, 1.807) is 0 Å². The molecule has 64 valence electrons. The van der Waals surface area contributed by atoms with Gasteiger partial charge >= 0.3 is 0 Å². The molecule has 0 radical (unpaired) electrons. The summed E-state index contributed by atoms with van der Waals surface area (Å²) in [6.07, 6.45) is 0.984. The SMILES string of the molecule is C=C1CCOCCN1C(C)C. The highest BCUT2D eigenvalue weighted by Gasteiger charge is 2.13. The van der Waals surface area contributed by atoms with E-state index in [1.165, 1.54) is 5.70 Å². The van der Waals surface area contributed by atoms with Gasteiger partial charge in [0, 0.05) is 24.7 Å². The summed E-state index contributed by atoms with van der Waals surface area (Å²) in [5, 5.41) is 0. The number of hydrogen-bond acceptors (Lipinski definition) is 2. The van der Waals surface area contributed by atoms with Crippen LogP contribution in [0.2, 0.25) is 0 Å². The molecular formula is C9H17NO. The zero-order valence-electron chi connectivity index (χ0n) is 7.47. The van der Waals surface area contributed by atoms with Crippen molar-refractivity contribution in [1.82, 2.24) is 4.90 Å². The molecule has 0 aromatic heterocycles. The lowest BCUT2D eigenvalue weighted by Crippen LogP contribution is -2.31. The molecule has 1 aliphatic rings. The Labute approximate surface area is 68.8 Å². The molecule has 1 rings (SSSR count). The maximum atomic E-state index is 5.34. The molecule has 0 amide bonds. The molecule has 0 unspecified atom stereocenters. The van der Waals surface area contributed by atoms with Crippen LogP contribution in [-0.4, -0.2) is 30.7 Å². The van der Waals surface area contributed by atoms with Gasteiger partial charge in [-0.2, -0.15) is 0 Å². The first-order valence-electron chi connectivity index (χ1n) is 4.24. The molecular weight excluding hydrogens is 138 g/mol. The first kappa shape index (κ1) is 8.60. The first-order chi connectivity index (χ1) is 5.22. The zero-order valence-corrected chi connectivity index (χ0v) is 7.47. The summed E-state index contributed by atoms with van der Waals surface area (Å²) in [7, 11) is 0. The van der Waals surface area contributed by atoms with Crippen LogP contribution in [0.1, 0.15) is 20.3 Å². The third-order valence-corrected chi connectivity index (χ3v) is 2.04. The predicted octanol–water partition coefficient (Wildman–Crippen LogP) is 1.63. The van der Waals surface area contributed by atoms with Crippen molar-refractivity contribution in [2.45, 2.75) is 26.3 Å². The molecule has 0 aromatic rings. The largest absolute Gasteiger partial charge is 0.379 e. The third-order valence-electron chi connectivity index (χ3n) is 2.04. The minimum atomic E-state index is 0.559. The zero-order chi connectivity index (χ0) is 8.27. The summed E-state index contributed by atoms with van der Waals surface area (Å²) in [6.45, 7) is 11.1. The van der Waals surface area contributed by atoms with Gasteiger partial charge in [-0.3, -0.25) is 0 Å². The van der Waals surface area contributed by atoms with Crippen LogP contribution >= 0.6 is 0 Å². The molecule has 1 heterocycles. The smallest absolute Gasteiger partial charge is 0.0641 e. The number of nitrogens with zero attached hydrogens (tertiary/aromatic N) is 1. The van der Waals surface area contributed by atoms with E-state index in [9.17, 15) is 0 Å². The monoisotopic (exact) mass is 155 g/mol. The summed E-state index contributed by atoms with van der Waals surface area (Å²) in [4.78, 5) is 2.31. The van der Waals surface area contributed by atoms with E-state index in [1.807, 2.05) is 0 Å². The number of rotatable bonds is 1. The minimum absolute atomic E-state index is 0.559. The third kappa shape index (κ3) is 2.22. The summed E-state index contributed by atoms with van der Waals surface area (Å²) in [5.74, 6) is 0. The van der Waals surface area contributed by atoms with Crippen LogP contribution in [0.5, 0.6) is 0 Å². The van der Waals surface area contributed by atoms with Crippen LogP contribution in [0.15, 0.2) is 12.3 Å². The van der Waals surface area contributed by atoms with E-state index >= 15 is 0 Å². The Morgan fingerprint density at radius 2 is 2.18 bits per heavy atom. The van der Waals surface area contributed by atoms with E-state index in [0.29, 0.717) is 6.04 Å². The van der Waals surface area contributed by atoms with Crippen LogP contribution in [-0.2, 0) is 4.74 Å². The summed E-state index contributed by atoms with van der Waals surface area (Å²) in [5.41, 5.74) is 1.22. The van der Waals surface area contributed by atoms with Crippen molar-refractivity contribution in [3.05, 3.63) is 12.3 Å². The Bertz CT molecular complexity index is 142. The van der Waals surface area contributed by atoms with Crippen LogP contribution in [0, 0.1) is 0 Å². The normalized spacial score (nSPS) is 20.6. The lowest BCUT2D eigenvalue weighted by atomic mass is 10.2. The van der Waals surface area contributed by atoms with Gasteiger partial charge in [-0.1, -0.05) is 6.58 Å². The van der Waals surface area contributed by atoms with Crippen LogP contribution in [0.3, 0.4) is 0 Å². The topological polar surface area (TPSA) is 12.5 Å². The van der Waals surface area contributed by atoms with Gasteiger partial charge < -0.3 is 9.64 Å². The molecule has 0 atom stereocenters. The second-order valence-electron chi connectivity index (χ2n) is 3.22. The highest BCUT2D eigenvalue weighted by atomic mass is 16.5. The summed E-state index contributed by atoms with van der Waals surface area (Å²) < 4.78 is 5.34. The average Bonchev–Trinajstić information content (AvgIpc) is 2.13. The molecule has 0 aliphatic carbocycles. The van der Waals surface area contributed by atoms with Crippen molar-refractivity contribution in [1.29, 1.82) is 0 Å². The second kappa shape index (κ2) is 3.77. The Morgan fingerprint density at radius 1 is 1.45 bits per heavy atom. The molecule has 0 bridgehead atoms. The van der Waals surface area contributed by atoms with E-state index < -0.39 is 0 Å². The summed E-state index contributed by atoms with van der Waals surface area (Å²) in [6, 6.07) is 0.559. The van der Waals surface area contributed by atoms with Gasteiger partial charge in [-0.25, -0.2) is 0 Å². The van der Waals surface area contributed by atoms with Gasteiger partial charge in [0.25, 0.3) is 0 Å². The minimum Gasteiger partial charge on any atom is -0.379 e. The predicted molar refractivity (Wildman–Crippen MR) is 46.4 cm³/mol. The van der Waals surface area contributed by atoms with E-state index in [2.05, 4.69) is 25.3 Å². The van der Waals surface area contributed by atoms with Crippen molar-refractivity contribution in [3.8, 4) is 0 Å². The quantitative estimate of drug-likeness (QED) is 0.570. The first-order valence-corrected chi connectivity index (χ1v) is 4.24. The molecule has 0 N–H and O–H groups in total. The second-order valence-corrected chi connectivity index (χ2v) is 3.22.